The summed E-state index contributed by atoms with van der Waals surface area (Å²) in [5, 5.41) is 22.3. The topological polar surface area (TPSA) is 78.8 Å². The van der Waals surface area contributed by atoms with Gasteiger partial charge in [-0.2, -0.15) is 13.2 Å². The molecule has 0 aliphatic carbocycles. The Morgan fingerprint density at radius 1 is 1.18 bits per heavy atom. The smallest absolute Gasteiger partial charge is 0.422 e. The van der Waals surface area contributed by atoms with Gasteiger partial charge in [-0.25, -0.2) is 0 Å². The first kappa shape index (κ1) is 25.9. The van der Waals surface area contributed by atoms with E-state index in [4.69, 9.17) is 33.0 Å². The van der Waals surface area contributed by atoms with Crippen LogP contribution in [0.1, 0.15) is 29.5 Å². The van der Waals surface area contributed by atoms with Crippen LogP contribution in [0.15, 0.2) is 66.4 Å². The van der Waals surface area contributed by atoms with Gasteiger partial charge < -0.3 is 20.3 Å². The first-order valence-electron chi connectivity index (χ1n) is 10.2. The van der Waals surface area contributed by atoms with Gasteiger partial charge in [-0.05, 0) is 52.7 Å². The van der Waals surface area contributed by atoms with E-state index in [1.807, 2.05) is 0 Å². The number of benzene rings is 2. The van der Waals surface area contributed by atoms with Crippen molar-refractivity contribution in [1.82, 2.24) is 5.32 Å². The van der Waals surface area contributed by atoms with Crippen LogP contribution < -0.4 is 10.1 Å². The van der Waals surface area contributed by atoms with Crippen LogP contribution in [0.3, 0.4) is 0 Å². The van der Waals surface area contributed by atoms with Crippen molar-refractivity contribution in [2.75, 3.05) is 0 Å². The highest BCUT2D eigenvalue weighted by Crippen LogP contribution is 2.48. The third-order valence-corrected chi connectivity index (χ3v) is 6.14. The molecule has 3 rings (SSSR count). The van der Waals surface area contributed by atoms with Gasteiger partial charge in [0, 0.05) is 10.9 Å². The molecule has 0 spiro atoms. The molecule has 0 radical (unpaired) electrons. The molecule has 0 fully saturated rings. The SMILES string of the molecule is CC(c1ccc(OCc2ccc(CC(=O)O)cc2)cc1Cl)[C@@](O)(C1=CC(Cl)NC=C1)C(F)(F)F. The maximum absolute atomic E-state index is 14.1. The largest absolute Gasteiger partial charge is 0.489 e. The number of aliphatic carboxylic acids is 1. The van der Waals surface area contributed by atoms with Gasteiger partial charge in [-0.1, -0.05) is 60.5 Å². The van der Waals surface area contributed by atoms with Crippen molar-refractivity contribution in [3.05, 3.63) is 88.1 Å². The molecular formula is C24H22Cl2F3NO4. The predicted octanol–water partition coefficient (Wildman–Crippen LogP) is 5.55. The van der Waals surface area contributed by atoms with Crippen LogP contribution in [-0.2, 0) is 17.8 Å². The molecule has 1 heterocycles. The second-order valence-corrected chi connectivity index (χ2v) is 8.75. The first-order chi connectivity index (χ1) is 15.9. The van der Waals surface area contributed by atoms with Crippen molar-refractivity contribution < 1.29 is 32.9 Å². The number of halogens is 5. The van der Waals surface area contributed by atoms with Crippen LogP contribution in [0.25, 0.3) is 0 Å². The molecule has 5 nitrogen and oxygen atoms in total. The normalized spacial score (nSPS) is 18.4. The van der Waals surface area contributed by atoms with Gasteiger partial charge >= 0.3 is 12.1 Å². The maximum atomic E-state index is 14.1. The summed E-state index contributed by atoms with van der Waals surface area (Å²) in [6.45, 7) is 1.39. The summed E-state index contributed by atoms with van der Waals surface area (Å²) >= 11 is 12.2. The molecule has 0 saturated carbocycles. The Balaban J connectivity index is 1.79. The lowest BCUT2D eigenvalue weighted by Gasteiger charge is -2.38. The predicted molar refractivity (Wildman–Crippen MR) is 123 cm³/mol. The molecule has 10 heteroatoms. The highest BCUT2D eigenvalue weighted by molar-refractivity contribution is 6.31. The third kappa shape index (κ3) is 5.68. The molecule has 0 aromatic heterocycles. The molecule has 1 aliphatic heterocycles. The van der Waals surface area contributed by atoms with Gasteiger partial charge in [-0.3, -0.25) is 4.79 Å². The number of dihydropyridines is 1. The van der Waals surface area contributed by atoms with E-state index in [1.54, 1.807) is 24.3 Å². The molecule has 34 heavy (non-hydrogen) atoms. The van der Waals surface area contributed by atoms with Gasteiger partial charge in [-0.15, -0.1) is 0 Å². The van der Waals surface area contributed by atoms with Crippen LogP contribution >= 0.6 is 23.2 Å². The summed E-state index contributed by atoms with van der Waals surface area (Å²) in [4.78, 5) is 10.8. The average molecular weight is 516 g/mol. The van der Waals surface area contributed by atoms with Crippen LogP contribution in [0.2, 0.25) is 5.02 Å². The van der Waals surface area contributed by atoms with Crippen LogP contribution in [-0.4, -0.2) is 33.5 Å². The summed E-state index contributed by atoms with van der Waals surface area (Å²) in [7, 11) is 0. The lowest BCUT2D eigenvalue weighted by Crippen LogP contribution is -2.51. The van der Waals surface area contributed by atoms with Gasteiger partial charge in [0.1, 0.15) is 17.9 Å². The number of nitrogens with one attached hydrogen (secondary N) is 1. The lowest BCUT2D eigenvalue weighted by molar-refractivity contribution is -0.250. The Labute approximate surface area is 204 Å². The monoisotopic (exact) mass is 515 g/mol. The molecule has 0 amide bonds. The van der Waals surface area contributed by atoms with Crippen LogP contribution in [0.4, 0.5) is 13.2 Å². The summed E-state index contributed by atoms with van der Waals surface area (Å²) < 4.78 is 47.9. The van der Waals surface area contributed by atoms with E-state index >= 15 is 0 Å². The van der Waals surface area contributed by atoms with E-state index in [0.29, 0.717) is 11.3 Å². The number of hydrogen-bond acceptors (Lipinski definition) is 4. The quantitative estimate of drug-likeness (QED) is 0.317. The molecule has 182 valence electrons. The summed E-state index contributed by atoms with van der Waals surface area (Å²) in [6, 6.07) is 11.1. The maximum Gasteiger partial charge on any atom is 0.422 e. The zero-order valence-electron chi connectivity index (χ0n) is 17.9. The lowest BCUT2D eigenvalue weighted by atomic mass is 9.76. The molecule has 2 aromatic rings. The van der Waals surface area contributed by atoms with E-state index in [2.05, 4.69) is 5.32 Å². The zero-order chi connectivity index (χ0) is 25.1. The number of carbonyl (C=O) groups is 1. The zero-order valence-corrected chi connectivity index (χ0v) is 19.5. The van der Waals surface area contributed by atoms with Crippen molar-refractivity contribution in [2.24, 2.45) is 0 Å². The van der Waals surface area contributed by atoms with E-state index in [9.17, 15) is 23.1 Å². The molecule has 3 atom stereocenters. The number of hydrogen-bond donors (Lipinski definition) is 3. The first-order valence-corrected chi connectivity index (χ1v) is 11.0. The Hall–Kier alpha value is -2.68. The molecular weight excluding hydrogens is 494 g/mol. The van der Waals surface area contributed by atoms with E-state index in [0.717, 1.165) is 17.7 Å². The number of ether oxygens (including phenoxy) is 1. The van der Waals surface area contributed by atoms with Gasteiger partial charge in [0.25, 0.3) is 0 Å². The fourth-order valence-electron chi connectivity index (χ4n) is 3.67. The minimum absolute atomic E-state index is 0.00502. The molecule has 2 unspecified atom stereocenters. The van der Waals surface area contributed by atoms with Crippen molar-refractivity contribution in [2.45, 2.75) is 43.1 Å². The number of rotatable bonds is 8. The molecule has 0 saturated heterocycles. The van der Waals surface area contributed by atoms with Crippen molar-refractivity contribution >= 4 is 29.2 Å². The minimum atomic E-state index is -5.00. The molecule has 1 aliphatic rings. The minimum Gasteiger partial charge on any atom is -0.489 e. The summed E-state index contributed by atoms with van der Waals surface area (Å²) in [6.07, 6.45) is -1.59. The standard InChI is InChI=1S/C24H22Cl2F3NO4/c1-14(23(33,24(27,28)29)17-8-9-30-21(26)11-17)19-7-6-18(12-20(19)25)34-13-16-4-2-15(3-5-16)10-22(31)32/h2-9,11-12,14,21,30,33H,10,13H2,1H3,(H,31,32)/t14?,21?,23-/m1/s1. The van der Waals surface area contributed by atoms with Crippen molar-refractivity contribution in [1.29, 1.82) is 0 Å². The van der Waals surface area contributed by atoms with Crippen molar-refractivity contribution in [3.63, 3.8) is 0 Å². The van der Waals surface area contributed by atoms with E-state index in [1.165, 1.54) is 31.3 Å². The highest BCUT2D eigenvalue weighted by Gasteiger charge is 2.59. The second kappa shape index (κ2) is 10.3. The Morgan fingerprint density at radius 3 is 2.38 bits per heavy atom. The second-order valence-electron chi connectivity index (χ2n) is 7.87. The average Bonchev–Trinajstić information content (AvgIpc) is 2.76. The highest BCUT2D eigenvalue weighted by atomic mass is 35.5. The Kier molecular flexibility index (Phi) is 7.85. The van der Waals surface area contributed by atoms with Crippen LogP contribution in [0.5, 0.6) is 5.75 Å². The number of aliphatic hydroxyl groups is 1. The number of carboxylic acids is 1. The molecule has 0 bridgehead atoms. The Morgan fingerprint density at radius 2 is 1.82 bits per heavy atom. The van der Waals surface area contributed by atoms with Gasteiger partial charge in [0.2, 0.25) is 0 Å². The fraction of sp³-hybridized carbons (Fsp3) is 0.292. The summed E-state index contributed by atoms with van der Waals surface area (Å²) in [5.41, 5.74) is -2.99. The number of alkyl halides is 4. The van der Waals surface area contributed by atoms with E-state index in [-0.39, 0.29) is 29.2 Å². The third-order valence-electron chi connectivity index (χ3n) is 5.57. The molecule has 2 aromatic carbocycles. The Bertz CT molecular complexity index is 1100. The number of carboxylic acid groups (broad SMARTS) is 1. The molecule has 3 N–H and O–H groups in total. The van der Waals surface area contributed by atoms with Crippen molar-refractivity contribution in [3.8, 4) is 5.75 Å². The fourth-order valence-corrected chi connectivity index (χ4v) is 4.22. The van der Waals surface area contributed by atoms with E-state index < -0.39 is 29.2 Å². The van der Waals surface area contributed by atoms with Gasteiger partial charge in [0.05, 0.1) is 6.42 Å². The van der Waals surface area contributed by atoms with Gasteiger partial charge in [0.15, 0.2) is 5.60 Å². The van der Waals surface area contributed by atoms with Crippen LogP contribution in [0, 0.1) is 0 Å². The summed E-state index contributed by atoms with van der Waals surface area (Å²) in [5.74, 6) is -2.05.